The summed E-state index contributed by atoms with van der Waals surface area (Å²) in [7, 11) is -2.74. The van der Waals surface area contributed by atoms with Crippen molar-refractivity contribution in [3.63, 3.8) is 0 Å². The molecule has 0 radical (unpaired) electrons. The number of hydrogen-bond acceptors (Lipinski definition) is 3. The lowest BCUT2D eigenvalue weighted by Gasteiger charge is -2.32. The maximum atomic E-state index is 5.29. The summed E-state index contributed by atoms with van der Waals surface area (Å²) in [5, 5.41) is 12.4. The summed E-state index contributed by atoms with van der Waals surface area (Å²) in [6.45, 7) is 4.25. The highest BCUT2D eigenvalue weighted by Gasteiger charge is 2.44. The quantitative estimate of drug-likeness (QED) is 0.408. The lowest BCUT2D eigenvalue weighted by Crippen LogP contribution is -2.76. The third-order valence-corrected chi connectivity index (χ3v) is 10.8. The Balaban J connectivity index is 1.83. The highest BCUT2D eigenvalue weighted by molar-refractivity contribution is 7.19. The van der Waals surface area contributed by atoms with Crippen LogP contribution in [0, 0.1) is 6.92 Å². The van der Waals surface area contributed by atoms with Gasteiger partial charge in [0.15, 0.2) is 0 Å². The van der Waals surface area contributed by atoms with Gasteiger partial charge in [0, 0.05) is 22.5 Å². The van der Waals surface area contributed by atoms with Crippen LogP contribution in [0.15, 0.2) is 103 Å². The van der Waals surface area contributed by atoms with Crippen molar-refractivity contribution >= 4 is 29.1 Å². The van der Waals surface area contributed by atoms with Gasteiger partial charge in [-0.3, -0.25) is 15.1 Å². The Labute approximate surface area is 195 Å². The Morgan fingerprint density at radius 1 is 0.727 bits per heavy atom. The predicted octanol–water partition coefficient (Wildman–Crippen LogP) is 3.11. The molecular formula is C28H26N4Si. The molecule has 0 fully saturated rings. The molecule has 5 rings (SSSR count). The second-order valence-corrected chi connectivity index (χ2v) is 11.8. The molecule has 0 unspecified atom stereocenters. The lowest BCUT2D eigenvalue weighted by molar-refractivity contribution is 0.969. The SMILES string of the molecule is CCc1[nH]nc(-c2cccc([Si](c3ccccc3)(c3ccccc3)c3ccccn3)n2)c1C. The Morgan fingerprint density at radius 2 is 1.36 bits per heavy atom. The molecule has 3 aromatic heterocycles. The first-order valence-electron chi connectivity index (χ1n) is 11.3. The van der Waals surface area contributed by atoms with Crippen molar-refractivity contribution in [3.05, 3.63) is 115 Å². The van der Waals surface area contributed by atoms with Crippen LogP contribution in [0.25, 0.3) is 11.4 Å². The van der Waals surface area contributed by atoms with Crippen LogP contribution in [0.2, 0.25) is 0 Å². The minimum Gasteiger partial charge on any atom is -0.282 e. The van der Waals surface area contributed by atoms with Gasteiger partial charge in [-0.15, -0.1) is 0 Å². The van der Waals surface area contributed by atoms with Crippen LogP contribution in [0.1, 0.15) is 18.2 Å². The van der Waals surface area contributed by atoms with Crippen LogP contribution in [0.3, 0.4) is 0 Å². The predicted molar refractivity (Wildman–Crippen MR) is 137 cm³/mol. The number of H-pyrrole nitrogens is 1. The number of rotatable bonds is 6. The van der Waals surface area contributed by atoms with Crippen molar-refractivity contribution in [2.24, 2.45) is 0 Å². The van der Waals surface area contributed by atoms with Crippen molar-refractivity contribution in [1.29, 1.82) is 0 Å². The van der Waals surface area contributed by atoms with Crippen LogP contribution >= 0.6 is 0 Å². The Morgan fingerprint density at radius 3 is 1.94 bits per heavy atom. The number of aryl methyl sites for hydroxylation is 1. The molecule has 4 nitrogen and oxygen atoms in total. The average molecular weight is 447 g/mol. The van der Waals surface area contributed by atoms with E-state index >= 15 is 0 Å². The van der Waals surface area contributed by atoms with E-state index in [9.17, 15) is 0 Å². The van der Waals surface area contributed by atoms with E-state index < -0.39 is 8.07 Å². The fourth-order valence-corrected chi connectivity index (χ4v) is 9.07. The van der Waals surface area contributed by atoms with E-state index in [0.717, 1.165) is 39.7 Å². The fraction of sp³-hybridized carbons (Fsp3) is 0.107. The van der Waals surface area contributed by atoms with Gasteiger partial charge >= 0.3 is 0 Å². The van der Waals surface area contributed by atoms with Crippen LogP contribution in [-0.4, -0.2) is 28.2 Å². The Bertz CT molecular complexity index is 1250. The summed E-state index contributed by atoms with van der Waals surface area (Å²) in [4.78, 5) is 10.2. The molecule has 5 heteroatoms. The summed E-state index contributed by atoms with van der Waals surface area (Å²) in [5.41, 5.74) is 4.11. The zero-order valence-corrected chi connectivity index (χ0v) is 19.9. The van der Waals surface area contributed by atoms with Crippen molar-refractivity contribution in [3.8, 4) is 11.4 Å². The zero-order valence-electron chi connectivity index (χ0n) is 18.9. The van der Waals surface area contributed by atoms with Gasteiger partial charge in [0.2, 0.25) is 8.07 Å². The van der Waals surface area contributed by atoms with Gasteiger partial charge in [-0.25, -0.2) is 0 Å². The number of aromatic amines is 1. The fourth-order valence-electron chi connectivity index (χ4n) is 4.65. The van der Waals surface area contributed by atoms with Gasteiger partial charge in [-0.1, -0.05) is 79.7 Å². The van der Waals surface area contributed by atoms with Crippen LogP contribution in [-0.2, 0) is 6.42 Å². The number of nitrogens with zero attached hydrogens (tertiary/aromatic N) is 3. The molecule has 0 aliphatic carbocycles. The topological polar surface area (TPSA) is 54.5 Å². The van der Waals surface area contributed by atoms with Crippen molar-refractivity contribution in [2.45, 2.75) is 20.3 Å². The van der Waals surface area contributed by atoms with E-state index in [0.29, 0.717) is 0 Å². The monoisotopic (exact) mass is 446 g/mol. The minimum atomic E-state index is -2.74. The molecule has 1 N–H and O–H groups in total. The molecule has 0 aliphatic heterocycles. The molecule has 0 saturated carbocycles. The second-order valence-electron chi connectivity index (χ2n) is 8.13. The van der Waals surface area contributed by atoms with E-state index in [4.69, 9.17) is 9.97 Å². The van der Waals surface area contributed by atoms with Crippen molar-refractivity contribution in [2.75, 3.05) is 0 Å². The smallest absolute Gasteiger partial charge is 0.223 e. The van der Waals surface area contributed by atoms with Gasteiger partial charge in [-0.05, 0) is 53.5 Å². The third-order valence-electron chi connectivity index (χ3n) is 6.30. The highest BCUT2D eigenvalue weighted by Crippen LogP contribution is 2.21. The summed E-state index contributed by atoms with van der Waals surface area (Å²) in [6, 6.07) is 34.0. The zero-order chi connectivity index (χ0) is 22.7. The molecule has 0 spiro atoms. The average Bonchev–Trinajstić information content (AvgIpc) is 3.27. The van der Waals surface area contributed by atoms with Crippen LogP contribution in [0.4, 0.5) is 0 Å². The number of nitrogens with one attached hydrogen (secondary N) is 1. The third kappa shape index (κ3) is 3.60. The lowest BCUT2D eigenvalue weighted by atomic mass is 10.1. The standard InChI is InChI=1S/C28H26N4Si/c1-3-24-21(2)28(32-31-24)25-17-12-19-27(30-25)33(22-13-6-4-7-14-22,23-15-8-5-9-16-23)26-18-10-11-20-29-26/h4-20H,3H2,1-2H3,(H,31,32). The molecule has 5 aromatic rings. The first-order valence-corrected chi connectivity index (χ1v) is 13.3. The van der Waals surface area contributed by atoms with Gasteiger partial charge in [0.1, 0.15) is 5.69 Å². The van der Waals surface area contributed by atoms with Gasteiger partial charge in [0.05, 0.1) is 5.69 Å². The first-order chi connectivity index (χ1) is 16.2. The molecule has 162 valence electrons. The summed E-state index contributed by atoms with van der Waals surface area (Å²) in [5.74, 6) is 0. The van der Waals surface area contributed by atoms with E-state index in [2.05, 4.69) is 115 Å². The molecule has 3 heterocycles. The van der Waals surface area contributed by atoms with E-state index in [1.165, 1.54) is 10.4 Å². The maximum Gasteiger partial charge on any atom is 0.223 e. The Kier molecular flexibility index (Phi) is 5.71. The van der Waals surface area contributed by atoms with Crippen molar-refractivity contribution < 1.29 is 0 Å². The molecule has 0 atom stereocenters. The van der Waals surface area contributed by atoms with E-state index in [-0.39, 0.29) is 0 Å². The van der Waals surface area contributed by atoms with E-state index in [1.54, 1.807) is 0 Å². The summed E-state index contributed by atoms with van der Waals surface area (Å²) >= 11 is 0. The largest absolute Gasteiger partial charge is 0.282 e. The second kappa shape index (κ2) is 8.96. The number of pyridine rings is 2. The number of hydrogen-bond donors (Lipinski definition) is 1. The van der Waals surface area contributed by atoms with Gasteiger partial charge in [0.25, 0.3) is 0 Å². The van der Waals surface area contributed by atoms with Gasteiger partial charge in [-0.2, -0.15) is 5.10 Å². The molecule has 0 saturated heterocycles. The number of benzene rings is 2. The molecule has 33 heavy (non-hydrogen) atoms. The van der Waals surface area contributed by atoms with Crippen LogP contribution in [0.5, 0.6) is 0 Å². The summed E-state index contributed by atoms with van der Waals surface area (Å²) in [6.07, 6.45) is 2.80. The molecular weight excluding hydrogens is 420 g/mol. The molecule has 0 aliphatic rings. The maximum absolute atomic E-state index is 5.29. The van der Waals surface area contributed by atoms with Gasteiger partial charge < -0.3 is 0 Å². The van der Waals surface area contributed by atoms with E-state index in [1.807, 2.05) is 12.3 Å². The summed E-state index contributed by atoms with van der Waals surface area (Å²) < 4.78 is 0. The molecule has 0 amide bonds. The molecule has 0 bridgehead atoms. The highest BCUT2D eigenvalue weighted by atomic mass is 28.3. The first kappa shape index (κ1) is 21.0. The normalized spacial score (nSPS) is 11.5. The molecule has 2 aromatic carbocycles. The number of aromatic nitrogens is 4. The van der Waals surface area contributed by atoms with Crippen LogP contribution < -0.4 is 21.0 Å². The minimum absolute atomic E-state index is 0.889. The Hall–Kier alpha value is -3.83. The van der Waals surface area contributed by atoms with Crippen molar-refractivity contribution in [1.82, 2.24) is 20.2 Å².